The third-order valence-electron chi connectivity index (χ3n) is 6.29. The van der Waals surface area contributed by atoms with Crippen molar-refractivity contribution in [3.63, 3.8) is 0 Å². The average molecular weight is 481 g/mol. The average Bonchev–Trinajstić information content (AvgIpc) is 3.40. The maximum absolute atomic E-state index is 5.85. The number of hydrogen-bond acceptors (Lipinski definition) is 2. The van der Waals surface area contributed by atoms with Crippen LogP contribution in [0.25, 0.3) is 0 Å². The molecule has 4 nitrogen and oxygen atoms in total. The van der Waals surface area contributed by atoms with Crippen LogP contribution in [-0.4, -0.2) is 14.7 Å². The Balaban J connectivity index is 1.61. The molecular weight excluding hydrogens is 456 g/mol. The van der Waals surface area contributed by atoms with Gasteiger partial charge in [0.25, 0.3) is 0 Å². The number of pyridine rings is 1. The van der Waals surface area contributed by atoms with Crippen molar-refractivity contribution in [1.82, 2.24) is 14.9 Å². The first-order valence-corrected chi connectivity index (χ1v) is 11.9. The van der Waals surface area contributed by atoms with Crippen LogP contribution in [0.1, 0.15) is 61.6 Å². The lowest BCUT2D eigenvalue weighted by molar-refractivity contribution is 0.340. The standard InChI is InChI=1S/C24H25BrN4S/c25-17-11-13-19(14-12-17)29-23(22(27-24(29)30)20-9-4-5-15-26-20)21-10-6-16-28(21)18-7-2-1-3-8-18/h4-6,9-16,18,22-23H,1-3,7-8H2,(H,27,30)/t22-,23-/m0/s1. The molecule has 2 aromatic heterocycles. The van der Waals surface area contributed by atoms with E-state index in [2.05, 4.69) is 84.4 Å². The van der Waals surface area contributed by atoms with Gasteiger partial charge < -0.3 is 14.8 Å². The summed E-state index contributed by atoms with van der Waals surface area (Å²) in [6.07, 6.45) is 10.6. The molecule has 2 atom stereocenters. The van der Waals surface area contributed by atoms with E-state index in [9.17, 15) is 0 Å². The maximum Gasteiger partial charge on any atom is 0.174 e. The van der Waals surface area contributed by atoms with E-state index in [4.69, 9.17) is 12.2 Å². The van der Waals surface area contributed by atoms with Crippen molar-refractivity contribution in [2.24, 2.45) is 0 Å². The van der Waals surface area contributed by atoms with E-state index in [1.165, 1.54) is 37.8 Å². The van der Waals surface area contributed by atoms with Crippen molar-refractivity contribution >= 4 is 38.9 Å². The second kappa shape index (κ2) is 8.52. The minimum Gasteiger partial charge on any atom is -0.351 e. The van der Waals surface area contributed by atoms with E-state index in [1.807, 2.05) is 18.3 Å². The monoisotopic (exact) mass is 480 g/mol. The highest BCUT2D eigenvalue weighted by molar-refractivity contribution is 9.10. The number of nitrogens with zero attached hydrogens (tertiary/aromatic N) is 3. The summed E-state index contributed by atoms with van der Waals surface area (Å²) in [7, 11) is 0. The van der Waals surface area contributed by atoms with Crippen molar-refractivity contribution < 1.29 is 0 Å². The van der Waals surface area contributed by atoms with Gasteiger partial charge in [0.2, 0.25) is 0 Å². The molecule has 1 aliphatic heterocycles. The molecule has 6 heteroatoms. The summed E-state index contributed by atoms with van der Waals surface area (Å²) in [5.74, 6) is 0. The molecule has 3 aromatic rings. The lowest BCUT2D eigenvalue weighted by atomic mass is 9.94. The Labute approximate surface area is 191 Å². The highest BCUT2D eigenvalue weighted by Gasteiger charge is 2.42. The topological polar surface area (TPSA) is 33.1 Å². The van der Waals surface area contributed by atoms with Gasteiger partial charge in [0.15, 0.2) is 5.11 Å². The number of benzene rings is 1. The lowest BCUT2D eigenvalue weighted by Crippen LogP contribution is -2.31. The first kappa shape index (κ1) is 19.8. The third kappa shape index (κ3) is 3.67. The fourth-order valence-electron chi connectivity index (χ4n) is 4.88. The molecule has 2 aliphatic rings. The SMILES string of the molecule is S=C1N[C@@H](c2ccccn2)[C@H](c2cccn2C2CCCCC2)N1c1ccc(Br)cc1. The van der Waals surface area contributed by atoms with Gasteiger partial charge in [0.05, 0.1) is 11.7 Å². The molecular formula is C24H25BrN4S. The van der Waals surface area contributed by atoms with Gasteiger partial charge >= 0.3 is 0 Å². The second-order valence-corrected chi connectivity index (χ2v) is 9.41. The minimum absolute atomic E-state index is 0.000382. The number of thiocarbonyl (C=S) groups is 1. The van der Waals surface area contributed by atoms with Crippen LogP contribution in [0.3, 0.4) is 0 Å². The maximum atomic E-state index is 5.85. The molecule has 1 aliphatic carbocycles. The van der Waals surface area contributed by atoms with Crippen molar-refractivity contribution in [1.29, 1.82) is 0 Å². The van der Waals surface area contributed by atoms with Gasteiger partial charge in [-0.3, -0.25) is 4.98 Å². The Morgan fingerprint density at radius 2 is 1.77 bits per heavy atom. The highest BCUT2D eigenvalue weighted by Crippen LogP contribution is 2.43. The summed E-state index contributed by atoms with van der Waals surface area (Å²) < 4.78 is 3.56. The molecule has 1 N–H and O–H groups in total. The van der Waals surface area contributed by atoms with Crippen molar-refractivity contribution in [2.75, 3.05) is 4.90 Å². The van der Waals surface area contributed by atoms with Gasteiger partial charge in [-0.1, -0.05) is 41.3 Å². The van der Waals surface area contributed by atoms with Crippen LogP contribution in [0, 0.1) is 0 Å². The Bertz CT molecular complexity index is 1010. The Kier molecular flexibility index (Phi) is 5.61. The Hall–Kier alpha value is -2.18. The van der Waals surface area contributed by atoms with E-state index in [1.54, 1.807) is 0 Å². The van der Waals surface area contributed by atoms with Crippen LogP contribution < -0.4 is 10.2 Å². The fourth-order valence-corrected chi connectivity index (χ4v) is 5.49. The van der Waals surface area contributed by atoms with Crippen LogP contribution in [0.15, 0.2) is 71.5 Å². The molecule has 154 valence electrons. The van der Waals surface area contributed by atoms with Gasteiger partial charge in [0, 0.05) is 34.3 Å². The van der Waals surface area contributed by atoms with Crippen LogP contribution in [0.2, 0.25) is 0 Å². The number of hydrogen-bond donors (Lipinski definition) is 1. The molecule has 0 amide bonds. The molecule has 0 bridgehead atoms. The summed E-state index contributed by atoms with van der Waals surface area (Å²) >= 11 is 9.40. The van der Waals surface area contributed by atoms with Crippen molar-refractivity contribution in [3.05, 3.63) is 82.9 Å². The van der Waals surface area contributed by atoms with Crippen molar-refractivity contribution in [3.8, 4) is 0 Å². The molecule has 2 fully saturated rings. The molecule has 5 rings (SSSR count). The molecule has 30 heavy (non-hydrogen) atoms. The predicted molar refractivity (Wildman–Crippen MR) is 129 cm³/mol. The number of aromatic nitrogens is 2. The summed E-state index contributed by atoms with van der Waals surface area (Å²) in [5, 5.41) is 4.32. The smallest absolute Gasteiger partial charge is 0.174 e. The molecule has 1 aromatic carbocycles. The number of rotatable bonds is 4. The number of anilines is 1. The van der Waals surface area contributed by atoms with E-state index in [0.29, 0.717) is 6.04 Å². The van der Waals surface area contributed by atoms with Gasteiger partial charge in [-0.25, -0.2) is 0 Å². The first-order chi connectivity index (χ1) is 14.7. The molecule has 0 spiro atoms. The summed E-state index contributed by atoms with van der Waals surface area (Å²) in [6, 6.07) is 19.5. The van der Waals surface area contributed by atoms with Gasteiger partial charge in [0.1, 0.15) is 6.04 Å². The number of nitrogens with one attached hydrogen (secondary N) is 1. The van der Waals surface area contributed by atoms with Gasteiger partial charge in [-0.05, 0) is 73.6 Å². The zero-order valence-corrected chi connectivity index (χ0v) is 19.1. The molecule has 1 saturated heterocycles. The quantitative estimate of drug-likeness (QED) is 0.442. The molecule has 1 saturated carbocycles. The third-order valence-corrected chi connectivity index (χ3v) is 7.13. The van der Waals surface area contributed by atoms with Crippen LogP contribution in [0.4, 0.5) is 5.69 Å². The number of halogens is 1. The van der Waals surface area contributed by atoms with Crippen LogP contribution >= 0.6 is 28.1 Å². The van der Waals surface area contributed by atoms with Crippen molar-refractivity contribution in [2.45, 2.75) is 50.2 Å². The van der Waals surface area contributed by atoms with Gasteiger partial charge in [-0.2, -0.15) is 0 Å². The Morgan fingerprint density at radius 3 is 2.50 bits per heavy atom. The normalized spacial score (nSPS) is 22.3. The first-order valence-electron chi connectivity index (χ1n) is 10.7. The molecule has 0 unspecified atom stereocenters. The van der Waals surface area contributed by atoms with Gasteiger partial charge in [-0.15, -0.1) is 0 Å². The molecule has 3 heterocycles. The summed E-state index contributed by atoms with van der Waals surface area (Å²) in [4.78, 5) is 6.93. The van der Waals surface area contributed by atoms with E-state index < -0.39 is 0 Å². The lowest BCUT2D eigenvalue weighted by Gasteiger charge is -2.32. The van der Waals surface area contributed by atoms with Crippen LogP contribution in [-0.2, 0) is 0 Å². The summed E-state index contributed by atoms with van der Waals surface area (Å²) in [5.41, 5.74) is 3.41. The zero-order chi connectivity index (χ0) is 20.5. The second-order valence-electron chi connectivity index (χ2n) is 8.11. The Morgan fingerprint density at radius 1 is 0.967 bits per heavy atom. The summed E-state index contributed by atoms with van der Waals surface area (Å²) in [6.45, 7) is 0. The fraction of sp³-hybridized carbons (Fsp3) is 0.333. The predicted octanol–water partition coefficient (Wildman–Crippen LogP) is 6.33. The zero-order valence-electron chi connectivity index (χ0n) is 16.7. The largest absolute Gasteiger partial charge is 0.351 e. The molecule has 0 radical (unpaired) electrons. The highest BCUT2D eigenvalue weighted by atomic mass is 79.9. The van der Waals surface area contributed by atoms with Crippen LogP contribution in [0.5, 0.6) is 0 Å². The van der Waals surface area contributed by atoms with E-state index >= 15 is 0 Å². The van der Waals surface area contributed by atoms with E-state index in [-0.39, 0.29) is 12.1 Å². The minimum atomic E-state index is -0.000382. The van der Waals surface area contributed by atoms with E-state index in [0.717, 1.165) is 21.0 Å².